The third-order valence-corrected chi connectivity index (χ3v) is 4.33. The average molecular weight is 372 g/mol. The summed E-state index contributed by atoms with van der Waals surface area (Å²) in [6, 6.07) is 9.94. The molecule has 9 heteroatoms. The highest BCUT2D eigenvalue weighted by Gasteiger charge is 2.17. The van der Waals surface area contributed by atoms with Crippen LogP contribution < -0.4 is 10.6 Å². The Morgan fingerprint density at radius 1 is 1.27 bits per heavy atom. The number of nitro benzene ring substituents is 1. The smallest absolute Gasteiger partial charge is 0.270 e. The van der Waals surface area contributed by atoms with E-state index in [2.05, 4.69) is 15.6 Å². The Labute approximate surface area is 151 Å². The normalized spacial score (nSPS) is 10.4. The summed E-state index contributed by atoms with van der Waals surface area (Å²) in [5, 5.41) is 18.4. The maximum absolute atomic E-state index is 13.3. The summed E-state index contributed by atoms with van der Waals surface area (Å²) in [6.07, 6.45) is 0. The van der Waals surface area contributed by atoms with Crippen molar-refractivity contribution in [1.29, 1.82) is 0 Å². The first-order chi connectivity index (χ1) is 12.5. The van der Waals surface area contributed by atoms with Gasteiger partial charge in [0.1, 0.15) is 5.82 Å². The van der Waals surface area contributed by atoms with E-state index in [0.717, 1.165) is 0 Å². The lowest BCUT2D eigenvalue weighted by Gasteiger charge is -2.08. The van der Waals surface area contributed by atoms with Crippen LogP contribution in [0.1, 0.15) is 10.4 Å². The van der Waals surface area contributed by atoms with Crippen LogP contribution in [0, 0.1) is 15.9 Å². The first-order valence-electron chi connectivity index (χ1n) is 7.47. The SMILES string of the molecule is CNc1ccc([N+](=O)[O-])cc1C(=O)Nc1nc(-c2cccc(F)c2)cs1. The minimum Gasteiger partial charge on any atom is -0.387 e. The van der Waals surface area contributed by atoms with Crippen LogP contribution in [-0.4, -0.2) is 22.9 Å². The number of nitro groups is 1. The number of nitrogens with zero attached hydrogens (tertiary/aromatic N) is 2. The molecule has 0 saturated carbocycles. The molecule has 0 radical (unpaired) electrons. The number of benzene rings is 2. The monoisotopic (exact) mass is 372 g/mol. The molecule has 0 bridgehead atoms. The quantitative estimate of drug-likeness (QED) is 0.518. The van der Waals surface area contributed by atoms with E-state index in [4.69, 9.17) is 0 Å². The number of carbonyl (C=O) groups excluding carboxylic acids is 1. The molecule has 1 heterocycles. The molecule has 0 atom stereocenters. The molecule has 3 aromatic rings. The number of halogens is 1. The van der Waals surface area contributed by atoms with Crippen LogP contribution in [0.3, 0.4) is 0 Å². The van der Waals surface area contributed by atoms with Gasteiger partial charge in [-0.15, -0.1) is 11.3 Å². The number of anilines is 2. The molecule has 0 fully saturated rings. The van der Waals surface area contributed by atoms with E-state index in [1.54, 1.807) is 24.6 Å². The molecule has 0 unspecified atom stereocenters. The van der Waals surface area contributed by atoms with Crippen LogP contribution in [0.25, 0.3) is 11.3 Å². The van der Waals surface area contributed by atoms with Crippen molar-refractivity contribution in [2.75, 3.05) is 17.7 Å². The van der Waals surface area contributed by atoms with Gasteiger partial charge < -0.3 is 5.32 Å². The van der Waals surface area contributed by atoms with E-state index in [1.165, 1.54) is 41.7 Å². The summed E-state index contributed by atoms with van der Waals surface area (Å²) in [5.74, 6) is -0.908. The number of rotatable bonds is 5. The van der Waals surface area contributed by atoms with Crippen molar-refractivity contribution in [2.45, 2.75) is 0 Å². The van der Waals surface area contributed by atoms with Gasteiger partial charge in [-0.05, 0) is 18.2 Å². The maximum atomic E-state index is 13.3. The van der Waals surface area contributed by atoms with Crippen LogP contribution in [0.4, 0.5) is 20.9 Å². The fraction of sp³-hybridized carbons (Fsp3) is 0.0588. The Hall–Kier alpha value is -3.33. The molecule has 0 spiro atoms. The zero-order valence-electron chi connectivity index (χ0n) is 13.5. The largest absolute Gasteiger partial charge is 0.387 e. The van der Waals surface area contributed by atoms with Gasteiger partial charge in [-0.1, -0.05) is 12.1 Å². The van der Waals surface area contributed by atoms with Gasteiger partial charge in [-0.25, -0.2) is 9.37 Å². The molecule has 0 aliphatic heterocycles. The summed E-state index contributed by atoms with van der Waals surface area (Å²) in [5.41, 5.74) is 1.51. The second-order valence-corrected chi connectivity index (χ2v) is 6.10. The molecule has 0 aliphatic rings. The van der Waals surface area contributed by atoms with Gasteiger partial charge in [0.15, 0.2) is 5.13 Å². The van der Waals surface area contributed by atoms with E-state index in [-0.39, 0.29) is 17.1 Å². The van der Waals surface area contributed by atoms with E-state index in [0.29, 0.717) is 22.1 Å². The number of carbonyl (C=O) groups is 1. The van der Waals surface area contributed by atoms with Gasteiger partial charge in [0, 0.05) is 35.8 Å². The molecular formula is C17H13FN4O3S. The van der Waals surface area contributed by atoms with Crippen LogP contribution in [0.2, 0.25) is 0 Å². The highest BCUT2D eigenvalue weighted by molar-refractivity contribution is 7.14. The molecule has 7 nitrogen and oxygen atoms in total. The van der Waals surface area contributed by atoms with Gasteiger partial charge in [-0.2, -0.15) is 0 Å². The van der Waals surface area contributed by atoms with Crippen molar-refractivity contribution in [3.63, 3.8) is 0 Å². The van der Waals surface area contributed by atoms with Gasteiger partial charge >= 0.3 is 0 Å². The summed E-state index contributed by atoms with van der Waals surface area (Å²) >= 11 is 1.18. The number of aromatic nitrogens is 1. The summed E-state index contributed by atoms with van der Waals surface area (Å²) in [4.78, 5) is 27.1. The highest BCUT2D eigenvalue weighted by atomic mass is 32.1. The third kappa shape index (κ3) is 3.67. The third-order valence-electron chi connectivity index (χ3n) is 3.57. The van der Waals surface area contributed by atoms with Crippen molar-refractivity contribution in [3.8, 4) is 11.3 Å². The molecule has 0 saturated heterocycles. The number of thiazole rings is 1. The number of nitrogens with one attached hydrogen (secondary N) is 2. The molecule has 2 N–H and O–H groups in total. The average Bonchev–Trinajstić information content (AvgIpc) is 3.09. The zero-order valence-corrected chi connectivity index (χ0v) is 14.3. The molecular weight excluding hydrogens is 359 g/mol. The number of non-ortho nitro benzene ring substituents is 1. The summed E-state index contributed by atoms with van der Waals surface area (Å²) in [6.45, 7) is 0. The fourth-order valence-electron chi connectivity index (χ4n) is 2.33. The Morgan fingerprint density at radius 3 is 2.77 bits per heavy atom. The Bertz CT molecular complexity index is 990. The fourth-order valence-corrected chi connectivity index (χ4v) is 3.04. The van der Waals surface area contributed by atoms with E-state index in [1.807, 2.05) is 0 Å². The molecule has 1 amide bonds. The Balaban J connectivity index is 1.85. The van der Waals surface area contributed by atoms with Gasteiger partial charge in [0.25, 0.3) is 11.6 Å². The molecule has 0 aliphatic carbocycles. The lowest BCUT2D eigenvalue weighted by Crippen LogP contribution is -2.14. The number of hydrogen-bond donors (Lipinski definition) is 2. The predicted octanol–water partition coefficient (Wildman–Crippen LogP) is 4.15. The highest BCUT2D eigenvalue weighted by Crippen LogP contribution is 2.27. The molecule has 26 heavy (non-hydrogen) atoms. The molecule has 1 aromatic heterocycles. The lowest BCUT2D eigenvalue weighted by atomic mass is 10.1. The van der Waals surface area contributed by atoms with Crippen molar-refractivity contribution in [2.24, 2.45) is 0 Å². The summed E-state index contributed by atoms with van der Waals surface area (Å²) in [7, 11) is 1.61. The van der Waals surface area contributed by atoms with Gasteiger partial charge in [0.2, 0.25) is 0 Å². The van der Waals surface area contributed by atoms with Crippen LogP contribution >= 0.6 is 11.3 Å². The second kappa shape index (κ2) is 7.28. The predicted molar refractivity (Wildman–Crippen MR) is 98.1 cm³/mol. The second-order valence-electron chi connectivity index (χ2n) is 5.24. The zero-order chi connectivity index (χ0) is 18.7. The standard InChI is InChI=1S/C17H13FN4O3S/c1-19-14-6-5-12(22(24)25)8-13(14)16(23)21-17-20-15(9-26-17)10-3-2-4-11(18)7-10/h2-9,19H,1H3,(H,20,21,23). The minimum absolute atomic E-state index is 0.129. The maximum Gasteiger partial charge on any atom is 0.270 e. The number of hydrogen-bond acceptors (Lipinski definition) is 6. The van der Waals surface area contributed by atoms with Crippen LogP contribution in [0.15, 0.2) is 47.8 Å². The minimum atomic E-state index is -0.568. The van der Waals surface area contributed by atoms with E-state index in [9.17, 15) is 19.3 Å². The van der Waals surface area contributed by atoms with E-state index < -0.39 is 10.8 Å². The van der Waals surface area contributed by atoms with Crippen molar-refractivity contribution in [3.05, 3.63) is 69.3 Å². The Morgan fingerprint density at radius 2 is 2.08 bits per heavy atom. The van der Waals surface area contributed by atoms with Crippen molar-refractivity contribution in [1.82, 2.24) is 4.98 Å². The molecule has 132 valence electrons. The van der Waals surface area contributed by atoms with Crippen LogP contribution in [-0.2, 0) is 0 Å². The van der Waals surface area contributed by atoms with Crippen molar-refractivity contribution < 1.29 is 14.1 Å². The first kappa shape index (κ1) is 17.5. The van der Waals surface area contributed by atoms with Crippen LogP contribution in [0.5, 0.6) is 0 Å². The summed E-state index contributed by atoms with van der Waals surface area (Å²) < 4.78 is 13.3. The Kier molecular flexibility index (Phi) is 4.90. The number of amides is 1. The first-order valence-corrected chi connectivity index (χ1v) is 8.35. The molecule has 3 rings (SSSR count). The lowest BCUT2D eigenvalue weighted by molar-refractivity contribution is -0.384. The van der Waals surface area contributed by atoms with Gasteiger partial charge in [0.05, 0.1) is 16.2 Å². The van der Waals surface area contributed by atoms with Gasteiger partial charge in [-0.3, -0.25) is 20.2 Å². The molecule has 2 aromatic carbocycles. The van der Waals surface area contributed by atoms with E-state index >= 15 is 0 Å². The van der Waals surface area contributed by atoms with Crippen molar-refractivity contribution >= 4 is 33.8 Å². The topological polar surface area (TPSA) is 97.2 Å².